The van der Waals surface area contributed by atoms with Crippen LogP contribution in [-0.2, 0) is 11.2 Å². The number of halogens is 1. The number of nitrogen functional groups attached to an aromatic ring is 1. The minimum absolute atomic E-state index is 0.0375. The van der Waals surface area contributed by atoms with Gasteiger partial charge in [0, 0.05) is 0 Å². The summed E-state index contributed by atoms with van der Waals surface area (Å²) in [6.45, 7) is 0. The molecule has 0 saturated heterocycles. The third-order valence-corrected chi connectivity index (χ3v) is 5.25. The summed E-state index contributed by atoms with van der Waals surface area (Å²) in [6, 6.07) is 5.46. The van der Waals surface area contributed by atoms with Gasteiger partial charge in [0.25, 0.3) is 5.56 Å². The molecule has 3 N–H and O–H groups in total. The number of esters is 1. The van der Waals surface area contributed by atoms with Gasteiger partial charge < -0.3 is 10.5 Å². The molecule has 9 heteroatoms. The molecule has 0 spiro atoms. The van der Waals surface area contributed by atoms with Crippen molar-refractivity contribution in [2.45, 2.75) is 25.3 Å². The monoisotopic (exact) mass is 417 g/mol. The van der Waals surface area contributed by atoms with Crippen molar-refractivity contribution in [3.05, 3.63) is 50.0 Å². The minimum atomic E-state index is -0.384. The number of anilines is 1. The van der Waals surface area contributed by atoms with Crippen molar-refractivity contribution in [1.82, 2.24) is 19.5 Å². The highest BCUT2D eigenvalue weighted by Gasteiger charge is 2.27. The first-order chi connectivity index (χ1) is 12.5. The van der Waals surface area contributed by atoms with Gasteiger partial charge in [-0.25, -0.2) is 9.78 Å². The van der Waals surface area contributed by atoms with E-state index in [0.717, 1.165) is 30.4 Å². The van der Waals surface area contributed by atoms with Crippen LogP contribution in [0.15, 0.2) is 27.7 Å². The number of nitrogens with one attached hydrogen (secondary N) is 1. The Morgan fingerprint density at radius 3 is 3.00 bits per heavy atom. The van der Waals surface area contributed by atoms with Crippen LogP contribution >= 0.6 is 15.9 Å². The van der Waals surface area contributed by atoms with E-state index < -0.39 is 0 Å². The number of fused-ring (bicyclic) bond motifs is 2. The Morgan fingerprint density at radius 1 is 1.42 bits per heavy atom. The highest BCUT2D eigenvalue weighted by molar-refractivity contribution is 9.10. The van der Waals surface area contributed by atoms with E-state index in [-0.39, 0.29) is 29.0 Å². The van der Waals surface area contributed by atoms with E-state index in [4.69, 9.17) is 10.5 Å². The number of carbonyl (C=O) groups is 1. The number of aromatic amines is 1. The number of rotatable bonds is 2. The molecule has 2 aromatic heterocycles. The molecular weight excluding hydrogens is 402 g/mol. The second-order valence-corrected chi connectivity index (χ2v) is 6.90. The average molecular weight is 418 g/mol. The van der Waals surface area contributed by atoms with Crippen molar-refractivity contribution < 1.29 is 9.53 Å². The van der Waals surface area contributed by atoms with Crippen LogP contribution in [0.1, 0.15) is 40.4 Å². The summed E-state index contributed by atoms with van der Waals surface area (Å²) in [6.07, 6.45) is 2.73. The number of nitrogens with two attached hydrogens (primary N) is 1. The maximum atomic E-state index is 12.1. The fraction of sp³-hybridized carbons (Fsp3) is 0.294. The number of hydrogen-bond acceptors (Lipinski definition) is 6. The summed E-state index contributed by atoms with van der Waals surface area (Å²) in [7, 11) is 1.36. The van der Waals surface area contributed by atoms with Crippen LogP contribution in [-0.4, -0.2) is 32.6 Å². The van der Waals surface area contributed by atoms with Crippen molar-refractivity contribution in [2.75, 3.05) is 12.8 Å². The molecule has 0 bridgehead atoms. The van der Waals surface area contributed by atoms with Crippen molar-refractivity contribution in [3.63, 3.8) is 0 Å². The van der Waals surface area contributed by atoms with Gasteiger partial charge in [0.15, 0.2) is 15.9 Å². The van der Waals surface area contributed by atoms with Crippen LogP contribution in [0.3, 0.4) is 0 Å². The predicted octanol–water partition coefficient (Wildman–Crippen LogP) is 2.18. The maximum absolute atomic E-state index is 12.1. The van der Waals surface area contributed by atoms with Crippen molar-refractivity contribution in [3.8, 4) is 0 Å². The number of imidazole rings is 1. The number of methoxy groups -OCH3 is 1. The lowest BCUT2D eigenvalue weighted by Gasteiger charge is -2.28. The SMILES string of the molecule is COC(=O)c1ccc2c(c1)C(n1c(Br)nc3c(=O)[nH]c(N)nc31)CCC2. The smallest absolute Gasteiger partial charge is 0.337 e. The highest BCUT2D eigenvalue weighted by atomic mass is 79.9. The van der Waals surface area contributed by atoms with E-state index in [9.17, 15) is 9.59 Å². The molecule has 1 aromatic carbocycles. The van der Waals surface area contributed by atoms with Gasteiger partial charge in [-0.05, 0) is 58.5 Å². The Balaban J connectivity index is 1.94. The molecule has 134 valence electrons. The van der Waals surface area contributed by atoms with Crippen LogP contribution in [0, 0.1) is 0 Å². The Bertz CT molecular complexity index is 1090. The zero-order chi connectivity index (χ0) is 18.4. The summed E-state index contributed by atoms with van der Waals surface area (Å²) >= 11 is 3.44. The van der Waals surface area contributed by atoms with Gasteiger partial charge in [0.1, 0.15) is 0 Å². The topological polar surface area (TPSA) is 116 Å². The lowest BCUT2D eigenvalue weighted by molar-refractivity contribution is 0.0600. The molecule has 0 saturated carbocycles. The number of benzene rings is 1. The van der Waals surface area contributed by atoms with Crippen LogP contribution in [0.2, 0.25) is 0 Å². The summed E-state index contributed by atoms with van der Waals surface area (Å²) in [5, 5.41) is 0. The van der Waals surface area contributed by atoms with Crippen molar-refractivity contribution >= 4 is 39.0 Å². The average Bonchev–Trinajstić information content (AvgIpc) is 2.96. The lowest BCUT2D eigenvalue weighted by atomic mass is 9.86. The van der Waals surface area contributed by atoms with Gasteiger partial charge >= 0.3 is 5.97 Å². The van der Waals surface area contributed by atoms with Crippen LogP contribution < -0.4 is 11.3 Å². The van der Waals surface area contributed by atoms with E-state index in [1.807, 2.05) is 16.7 Å². The summed E-state index contributed by atoms with van der Waals surface area (Å²) in [5.41, 5.74) is 8.62. The normalized spacial score (nSPS) is 16.5. The van der Waals surface area contributed by atoms with E-state index in [0.29, 0.717) is 15.9 Å². The summed E-state index contributed by atoms with van der Waals surface area (Å²) in [4.78, 5) is 35.1. The molecule has 4 rings (SSSR count). The Morgan fingerprint density at radius 2 is 2.23 bits per heavy atom. The Hall–Kier alpha value is -2.68. The number of aromatic nitrogens is 4. The van der Waals surface area contributed by atoms with Crippen LogP contribution in [0.4, 0.5) is 5.95 Å². The number of carbonyl (C=O) groups excluding carboxylic acids is 1. The molecule has 0 fully saturated rings. The summed E-state index contributed by atoms with van der Waals surface area (Å²) in [5.74, 6) is -0.346. The zero-order valence-corrected chi connectivity index (χ0v) is 15.5. The maximum Gasteiger partial charge on any atom is 0.337 e. The lowest BCUT2D eigenvalue weighted by Crippen LogP contribution is -2.20. The molecule has 3 aromatic rings. The molecule has 8 nitrogen and oxygen atoms in total. The third-order valence-electron chi connectivity index (χ3n) is 4.69. The molecular formula is C17H16BrN5O3. The molecule has 0 amide bonds. The first kappa shape index (κ1) is 16.8. The molecule has 2 heterocycles. The minimum Gasteiger partial charge on any atom is -0.465 e. The highest BCUT2D eigenvalue weighted by Crippen LogP contribution is 2.37. The van der Waals surface area contributed by atoms with Crippen LogP contribution in [0.25, 0.3) is 11.2 Å². The number of hydrogen-bond donors (Lipinski definition) is 2. The molecule has 1 atom stereocenters. The fourth-order valence-corrected chi connectivity index (χ4v) is 4.13. The molecule has 1 aliphatic rings. The number of ether oxygens (including phenoxy) is 1. The Kier molecular flexibility index (Phi) is 4.03. The van der Waals surface area contributed by atoms with Crippen molar-refractivity contribution in [2.24, 2.45) is 0 Å². The molecule has 26 heavy (non-hydrogen) atoms. The zero-order valence-electron chi connectivity index (χ0n) is 14.0. The van der Waals surface area contributed by atoms with E-state index in [2.05, 4.69) is 30.9 Å². The number of aryl methyl sites for hydroxylation is 1. The van der Waals surface area contributed by atoms with Crippen LogP contribution in [0.5, 0.6) is 0 Å². The molecule has 1 unspecified atom stereocenters. The second kappa shape index (κ2) is 6.24. The largest absolute Gasteiger partial charge is 0.465 e. The van der Waals surface area contributed by atoms with Gasteiger partial charge in [-0.2, -0.15) is 4.98 Å². The van der Waals surface area contributed by atoms with E-state index in [1.165, 1.54) is 7.11 Å². The van der Waals surface area contributed by atoms with E-state index in [1.54, 1.807) is 6.07 Å². The van der Waals surface area contributed by atoms with Gasteiger partial charge in [-0.1, -0.05) is 6.07 Å². The van der Waals surface area contributed by atoms with Crippen molar-refractivity contribution in [1.29, 1.82) is 0 Å². The second-order valence-electron chi connectivity index (χ2n) is 6.19. The number of H-pyrrole nitrogens is 1. The molecule has 0 radical (unpaired) electrons. The van der Waals surface area contributed by atoms with Gasteiger partial charge in [-0.15, -0.1) is 0 Å². The third kappa shape index (κ3) is 2.59. The van der Waals surface area contributed by atoms with Gasteiger partial charge in [0.2, 0.25) is 5.95 Å². The van der Waals surface area contributed by atoms with Gasteiger partial charge in [-0.3, -0.25) is 14.3 Å². The summed E-state index contributed by atoms with van der Waals surface area (Å²) < 4.78 is 7.20. The molecule has 1 aliphatic carbocycles. The van der Waals surface area contributed by atoms with E-state index >= 15 is 0 Å². The molecule has 0 aliphatic heterocycles. The first-order valence-electron chi connectivity index (χ1n) is 8.14. The quantitative estimate of drug-likeness (QED) is 0.487. The number of nitrogens with zero attached hydrogens (tertiary/aromatic N) is 3. The predicted molar refractivity (Wildman–Crippen MR) is 99.1 cm³/mol. The first-order valence-corrected chi connectivity index (χ1v) is 8.93. The Labute approximate surface area is 156 Å². The van der Waals surface area contributed by atoms with Gasteiger partial charge in [0.05, 0.1) is 18.7 Å². The standard InChI is InChI=1S/C17H16BrN5O3/c1-26-15(25)9-6-5-8-3-2-4-11(10(8)7-9)23-13-12(20-16(23)18)14(24)22-17(19)21-13/h5-7,11H,2-4H2,1H3,(H3,19,21,22,24). The fourth-order valence-electron chi connectivity index (χ4n) is 3.54.